The van der Waals surface area contributed by atoms with E-state index in [0.29, 0.717) is 5.78 Å². The molecular formula is C15H15N5O. The molecule has 21 heavy (non-hydrogen) atoms. The summed E-state index contributed by atoms with van der Waals surface area (Å²) >= 11 is 0. The Morgan fingerprint density at radius 1 is 1.24 bits per heavy atom. The maximum absolute atomic E-state index is 12.2. The molecule has 2 aromatic heterocycles. The monoisotopic (exact) mass is 281 g/mol. The Labute approximate surface area is 121 Å². The minimum absolute atomic E-state index is 0.108. The van der Waals surface area contributed by atoms with Gasteiger partial charge >= 0.3 is 0 Å². The Morgan fingerprint density at radius 3 is 2.67 bits per heavy atom. The molecule has 2 heterocycles. The highest BCUT2D eigenvalue weighted by atomic mass is 16.2. The van der Waals surface area contributed by atoms with Crippen LogP contribution in [-0.4, -0.2) is 25.5 Å². The molecule has 0 aliphatic carbocycles. The van der Waals surface area contributed by atoms with Crippen LogP contribution in [-0.2, 0) is 6.42 Å². The lowest BCUT2D eigenvalue weighted by molar-refractivity contribution is 0.101. The predicted octanol–water partition coefficient (Wildman–Crippen LogP) is 2.25. The number of aryl methyl sites for hydroxylation is 2. The van der Waals surface area contributed by atoms with Gasteiger partial charge in [-0.1, -0.05) is 19.1 Å². The van der Waals surface area contributed by atoms with Crippen molar-refractivity contribution in [3.63, 3.8) is 0 Å². The molecule has 0 atom stereocenters. The lowest BCUT2D eigenvalue weighted by atomic mass is 10.1. The van der Waals surface area contributed by atoms with E-state index in [4.69, 9.17) is 0 Å². The van der Waals surface area contributed by atoms with Crippen LogP contribution in [0.2, 0.25) is 0 Å². The zero-order valence-corrected chi connectivity index (χ0v) is 11.9. The van der Waals surface area contributed by atoms with Gasteiger partial charge in [0.05, 0.1) is 0 Å². The number of nitrogens with zero attached hydrogens (tertiary/aromatic N) is 4. The molecule has 6 heteroatoms. The number of carbonyl (C=O) groups excluding carboxylic acids is 1. The molecule has 106 valence electrons. The van der Waals surface area contributed by atoms with Gasteiger partial charge in [-0.05, 0) is 37.1 Å². The summed E-state index contributed by atoms with van der Waals surface area (Å²) in [6.07, 6.45) is 2.61. The summed E-state index contributed by atoms with van der Waals surface area (Å²) in [5, 5.41) is 6.96. The molecule has 3 aromatic rings. The van der Waals surface area contributed by atoms with Crippen molar-refractivity contribution in [1.82, 2.24) is 19.6 Å². The van der Waals surface area contributed by atoms with Crippen molar-refractivity contribution in [3.8, 4) is 0 Å². The molecule has 1 amide bonds. The molecule has 0 spiro atoms. The van der Waals surface area contributed by atoms with Gasteiger partial charge in [-0.3, -0.25) is 4.79 Å². The van der Waals surface area contributed by atoms with Crippen molar-refractivity contribution in [3.05, 3.63) is 53.6 Å². The van der Waals surface area contributed by atoms with E-state index in [9.17, 15) is 4.79 Å². The number of nitrogens with one attached hydrogen (secondary N) is 1. The Hall–Kier alpha value is -2.76. The molecule has 0 bridgehead atoms. The molecule has 0 aliphatic heterocycles. The number of fused-ring (bicyclic) bond motifs is 1. The van der Waals surface area contributed by atoms with E-state index in [0.717, 1.165) is 17.8 Å². The third-order valence-electron chi connectivity index (χ3n) is 3.25. The topological polar surface area (TPSA) is 72.2 Å². The van der Waals surface area contributed by atoms with Crippen molar-refractivity contribution in [2.24, 2.45) is 0 Å². The average Bonchev–Trinajstić information content (AvgIpc) is 2.94. The molecule has 0 fully saturated rings. The minimum atomic E-state index is -0.343. The average molecular weight is 281 g/mol. The lowest BCUT2D eigenvalue weighted by Crippen LogP contribution is -2.14. The quantitative estimate of drug-likeness (QED) is 0.799. The van der Waals surface area contributed by atoms with Crippen LogP contribution >= 0.6 is 0 Å². The summed E-state index contributed by atoms with van der Waals surface area (Å²) in [7, 11) is 0. The molecule has 1 aromatic carbocycles. The number of hydrogen-bond acceptors (Lipinski definition) is 4. The first-order valence-electron chi connectivity index (χ1n) is 6.76. The number of rotatable bonds is 3. The van der Waals surface area contributed by atoms with Gasteiger partial charge in [0, 0.05) is 17.6 Å². The molecule has 3 rings (SSSR count). The number of hydrogen-bond donors (Lipinski definition) is 1. The van der Waals surface area contributed by atoms with Crippen LogP contribution in [0, 0.1) is 6.92 Å². The number of carbonyl (C=O) groups is 1. The van der Waals surface area contributed by atoms with Crippen LogP contribution in [0.4, 0.5) is 5.69 Å². The molecule has 0 saturated heterocycles. The molecule has 6 nitrogen and oxygen atoms in total. The maximum atomic E-state index is 12.2. The first-order chi connectivity index (χ1) is 10.2. The van der Waals surface area contributed by atoms with Gasteiger partial charge in [-0.2, -0.15) is 4.98 Å². The van der Waals surface area contributed by atoms with Gasteiger partial charge in [0.1, 0.15) is 0 Å². The van der Waals surface area contributed by atoms with Gasteiger partial charge in [-0.15, -0.1) is 5.10 Å². The summed E-state index contributed by atoms with van der Waals surface area (Å²) < 4.78 is 1.55. The fourth-order valence-corrected chi connectivity index (χ4v) is 2.01. The van der Waals surface area contributed by atoms with Gasteiger partial charge in [-0.25, -0.2) is 9.50 Å². The predicted molar refractivity (Wildman–Crippen MR) is 79.3 cm³/mol. The molecule has 0 aliphatic rings. The summed E-state index contributed by atoms with van der Waals surface area (Å²) in [5.74, 6) is 0.182. The number of amides is 1. The van der Waals surface area contributed by atoms with E-state index in [1.807, 2.05) is 37.3 Å². The highest BCUT2D eigenvalue weighted by molar-refractivity contribution is 6.01. The number of aromatic nitrogens is 4. The van der Waals surface area contributed by atoms with Crippen molar-refractivity contribution in [2.75, 3.05) is 5.32 Å². The lowest BCUT2D eigenvalue weighted by Gasteiger charge is -2.03. The number of benzene rings is 1. The smallest absolute Gasteiger partial charge is 0.295 e. The van der Waals surface area contributed by atoms with E-state index < -0.39 is 0 Å². The molecule has 0 unspecified atom stereocenters. The Bertz CT molecular complexity index is 791. The van der Waals surface area contributed by atoms with Crippen LogP contribution in [0.3, 0.4) is 0 Å². The van der Waals surface area contributed by atoms with Crippen LogP contribution in [0.15, 0.2) is 36.5 Å². The molecule has 0 radical (unpaired) electrons. The van der Waals surface area contributed by atoms with Gasteiger partial charge in [0.25, 0.3) is 11.7 Å². The van der Waals surface area contributed by atoms with E-state index in [2.05, 4.69) is 27.3 Å². The van der Waals surface area contributed by atoms with Crippen LogP contribution < -0.4 is 5.32 Å². The second-order valence-corrected chi connectivity index (χ2v) is 4.74. The zero-order valence-electron chi connectivity index (χ0n) is 11.9. The van der Waals surface area contributed by atoms with Crippen molar-refractivity contribution in [1.29, 1.82) is 0 Å². The standard InChI is InChI=1S/C15H15N5O/c1-3-11-4-6-12(7-5-11)17-14(21)13-18-15-16-9-8-10(2)20(15)19-13/h4-9H,3H2,1-2H3,(H,17,21). The second kappa shape index (κ2) is 5.32. The van der Waals surface area contributed by atoms with Crippen molar-refractivity contribution >= 4 is 17.4 Å². The Balaban J connectivity index is 1.84. The first-order valence-corrected chi connectivity index (χ1v) is 6.76. The molecule has 0 saturated carbocycles. The minimum Gasteiger partial charge on any atom is -0.319 e. The largest absolute Gasteiger partial charge is 0.319 e. The van der Waals surface area contributed by atoms with Crippen molar-refractivity contribution < 1.29 is 4.79 Å². The second-order valence-electron chi connectivity index (χ2n) is 4.74. The van der Waals surface area contributed by atoms with Gasteiger partial charge < -0.3 is 5.32 Å². The third-order valence-corrected chi connectivity index (χ3v) is 3.25. The molecular weight excluding hydrogens is 266 g/mol. The van der Waals surface area contributed by atoms with Gasteiger partial charge in [0.15, 0.2) is 0 Å². The highest BCUT2D eigenvalue weighted by Crippen LogP contribution is 2.11. The van der Waals surface area contributed by atoms with E-state index >= 15 is 0 Å². The normalized spacial score (nSPS) is 10.8. The summed E-state index contributed by atoms with van der Waals surface area (Å²) in [6.45, 7) is 3.97. The SMILES string of the molecule is CCc1ccc(NC(=O)c2nc3nccc(C)n3n2)cc1. The summed E-state index contributed by atoms with van der Waals surface area (Å²) in [6, 6.07) is 9.52. The summed E-state index contributed by atoms with van der Waals surface area (Å²) in [4.78, 5) is 20.4. The summed E-state index contributed by atoms with van der Waals surface area (Å²) in [5.41, 5.74) is 2.82. The Morgan fingerprint density at radius 2 is 2.00 bits per heavy atom. The van der Waals surface area contributed by atoms with E-state index in [1.165, 1.54) is 5.56 Å². The van der Waals surface area contributed by atoms with E-state index in [-0.39, 0.29) is 11.7 Å². The van der Waals surface area contributed by atoms with Crippen LogP contribution in [0.25, 0.3) is 5.78 Å². The first kappa shape index (κ1) is 13.2. The fraction of sp³-hybridized carbons (Fsp3) is 0.200. The van der Waals surface area contributed by atoms with Crippen molar-refractivity contribution in [2.45, 2.75) is 20.3 Å². The fourth-order valence-electron chi connectivity index (χ4n) is 2.01. The zero-order chi connectivity index (χ0) is 14.8. The van der Waals surface area contributed by atoms with Gasteiger partial charge in [0.2, 0.25) is 5.82 Å². The molecule has 1 N–H and O–H groups in total. The van der Waals surface area contributed by atoms with Crippen LogP contribution in [0.1, 0.15) is 28.8 Å². The highest BCUT2D eigenvalue weighted by Gasteiger charge is 2.14. The third kappa shape index (κ3) is 2.60. The maximum Gasteiger partial charge on any atom is 0.295 e. The van der Waals surface area contributed by atoms with E-state index in [1.54, 1.807) is 10.7 Å². The number of anilines is 1. The van der Waals surface area contributed by atoms with Crippen LogP contribution in [0.5, 0.6) is 0 Å². The Kier molecular flexibility index (Phi) is 3.35.